The average molecular weight is 284 g/mol. The van der Waals surface area contributed by atoms with Crippen LogP contribution >= 0.6 is 11.3 Å². The van der Waals surface area contributed by atoms with E-state index in [1.54, 1.807) is 29.8 Å². The van der Waals surface area contributed by atoms with Gasteiger partial charge in [-0.25, -0.2) is 4.98 Å². The molecular weight excluding hydrogens is 272 g/mol. The quantitative estimate of drug-likeness (QED) is 0.691. The molecular formula is C14H12N4OS. The molecule has 3 aromatic rings. The number of nitrogen functional groups attached to an aromatic ring is 1. The molecule has 0 atom stereocenters. The molecule has 1 amide bonds. The van der Waals surface area contributed by atoms with Crippen LogP contribution < -0.4 is 11.1 Å². The fourth-order valence-corrected chi connectivity index (χ4v) is 2.45. The van der Waals surface area contributed by atoms with Crippen LogP contribution in [0.5, 0.6) is 0 Å². The number of nitrogens with zero attached hydrogens (tertiary/aromatic N) is 1. The topological polar surface area (TPSA) is 83.8 Å². The molecule has 0 spiro atoms. The van der Waals surface area contributed by atoms with E-state index in [9.17, 15) is 4.79 Å². The normalized spacial score (nSPS) is 10.4. The summed E-state index contributed by atoms with van der Waals surface area (Å²) in [6.07, 6.45) is 3.35. The Hall–Kier alpha value is -2.60. The highest BCUT2D eigenvalue weighted by Gasteiger charge is 2.08. The van der Waals surface area contributed by atoms with E-state index in [4.69, 9.17) is 5.73 Å². The van der Waals surface area contributed by atoms with Gasteiger partial charge in [0.15, 0.2) is 0 Å². The monoisotopic (exact) mass is 284 g/mol. The third kappa shape index (κ3) is 2.55. The molecule has 6 heteroatoms. The van der Waals surface area contributed by atoms with Crippen molar-refractivity contribution in [2.24, 2.45) is 0 Å². The summed E-state index contributed by atoms with van der Waals surface area (Å²) < 4.78 is 0. The Labute approximate surface area is 119 Å². The zero-order valence-electron chi connectivity index (χ0n) is 10.5. The smallest absolute Gasteiger partial charge is 0.272 e. The molecule has 0 aliphatic rings. The van der Waals surface area contributed by atoms with Gasteiger partial charge in [0.25, 0.3) is 5.91 Å². The number of benzene rings is 1. The van der Waals surface area contributed by atoms with E-state index in [0.717, 1.165) is 16.3 Å². The first-order valence-electron chi connectivity index (χ1n) is 5.97. The molecule has 20 heavy (non-hydrogen) atoms. The largest absolute Gasteiger partial charge is 0.397 e. The lowest BCUT2D eigenvalue weighted by molar-refractivity contribution is 0.102. The van der Waals surface area contributed by atoms with Gasteiger partial charge in [0.2, 0.25) is 0 Å². The molecule has 0 aliphatic carbocycles. The number of nitrogens with one attached hydrogen (secondary N) is 2. The molecule has 2 heterocycles. The molecule has 0 fully saturated rings. The maximum absolute atomic E-state index is 11.9. The molecule has 0 aliphatic heterocycles. The standard InChI is InChI=1S/C14H12N4OS/c15-10-7-12(17-8-10)13(19)18-11-3-1-9(2-4-11)14-16-5-6-20-14/h1-8,17H,15H2,(H,18,19). The van der Waals surface area contributed by atoms with E-state index in [1.165, 1.54) is 0 Å². The van der Waals surface area contributed by atoms with Gasteiger partial charge in [0.05, 0.1) is 0 Å². The van der Waals surface area contributed by atoms with Gasteiger partial charge in [-0.05, 0) is 30.3 Å². The van der Waals surface area contributed by atoms with Gasteiger partial charge in [0, 0.05) is 34.7 Å². The highest BCUT2D eigenvalue weighted by Crippen LogP contribution is 2.23. The molecule has 1 aromatic carbocycles. The van der Waals surface area contributed by atoms with Gasteiger partial charge in [-0.1, -0.05) is 0 Å². The number of amides is 1. The Bertz CT molecular complexity index is 716. The number of H-pyrrole nitrogens is 1. The minimum atomic E-state index is -0.219. The number of nitrogens with two attached hydrogens (primary N) is 1. The number of aromatic nitrogens is 2. The Morgan fingerprint density at radius 2 is 2.10 bits per heavy atom. The molecule has 0 saturated heterocycles. The maximum Gasteiger partial charge on any atom is 0.272 e. The molecule has 0 bridgehead atoms. The lowest BCUT2D eigenvalue weighted by atomic mass is 10.2. The number of aromatic amines is 1. The number of thiazole rings is 1. The summed E-state index contributed by atoms with van der Waals surface area (Å²) in [4.78, 5) is 19.0. The number of hydrogen-bond donors (Lipinski definition) is 3. The molecule has 5 nitrogen and oxygen atoms in total. The van der Waals surface area contributed by atoms with Crippen molar-refractivity contribution in [3.63, 3.8) is 0 Å². The molecule has 100 valence electrons. The van der Waals surface area contributed by atoms with Crippen molar-refractivity contribution in [3.05, 3.63) is 53.8 Å². The van der Waals surface area contributed by atoms with Crippen LogP contribution in [-0.2, 0) is 0 Å². The summed E-state index contributed by atoms with van der Waals surface area (Å²) in [5.74, 6) is -0.219. The lowest BCUT2D eigenvalue weighted by Crippen LogP contribution is -2.12. The van der Waals surface area contributed by atoms with Crippen LogP contribution in [0.2, 0.25) is 0 Å². The Balaban J connectivity index is 1.74. The van der Waals surface area contributed by atoms with Crippen LogP contribution in [0, 0.1) is 0 Å². The van der Waals surface area contributed by atoms with Crippen LogP contribution in [0.1, 0.15) is 10.5 Å². The van der Waals surface area contributed by atoms with Crippen molar-refractivity contribution in [1.29, 1.82) is 0 Å². The van der Waals surface area contributed by atoms with Gasteiger partial charge in [0.1, 0.15) is 10.7 Å². The first kappa shape index (κ1) is 12.4. The zero-order valence-corrected chi connectivity index (χ0v) is 11.3. The number of carbonyl (C=O) groups excluding carboxylic acids is 1. The van der Waals surface area contributed by atoms with Crippen LogP contribution in [0.15, 0.2) is 48.1 Å². The van der Waals surface area contributed by atoms with Crippen molar-refractivity contribution in [2.75, 3.05) is 11.1 Å². The van der Waals surface area contributed by atoms with Crippen molar-refractivity contribution in [2.45, 2.75) is 0 Å². The summed E-state index contributed by atoms with van der Waals surface area (Å²) in [6, 6.07) is 9.15. The minimum Gasteiger partial charge on any atom is -0.397 e. The third-order valence-electron chi connectivity index (χ3n) is 2.77. The number of hydrogen-bond acceptors (Lipinski definition) is 4. The Kier molecular flexibility index (Phi) is 3.22. The molecule has 2 aromatic heterocycles. The van der Waals surface area contributed by atoms with Crippen LogP contribution in [-0.4, -0.2) is 15.9 Å². The second-order valence-electron chi connectivity index (χ2n) is 4.22. The van der Waals surface area contributed by atoms with Crippen molar-refractivity contribution >= 4 is 28.6 Å². The minimum absolute atomic E-state index is 0.219. The van der Waals surface area contributed by atoms with Gasteiger partial charge in [-0.2, -0.15) is 0 Å². The molecule has 3 rings (SSSR count). The van der Waals surface area contributed by atoms with Gasteiger partial charge >= 0.3 is 0 Å². The highest BCUT2D eigenvalue weighted by molar-refractivity contribution is 7.13. The predicted molar refractivity (Wildman–Crippen MR) is 80.7 cm³/mol. The summed E-state index contributed by atoms with van der Waals surface area (Å²) in [5.41, 5.74) is 8.29. The third-order valence-corrected chi connectivity index (χ3v) is 3.59. The highest BCUT2D eigenvalue weighted by atomic mass is 32.1. The SMILES string of the molecule is Nc1c[nH]c(C(=O)Nc2ccc(-c3nccs3)cc2)c1. The van der Waals surface area contributed by atoms with Crippen LogP contribution in [0.4, 0.5) is 11.4 Å². The van der Waals surface area contributed by atoms with Crippen molar-refractivity contribution < 1.29 is 4.79 Å². The van der Waals surface area contributed by atoms with Crippen LogP contribution in [0.25, 0.3) is 10.6 Å². The molecule has 4 N–H and O–H groups in total. The fourth-order valence-electron chi connectivity index (χ4n) is 1.80. The van der Waals surface area contributed by atoms with Crippen LogP contribution in [0.3, 0.4) is 0 Å². The Morgan fingerprint density at radius 3 is 2.70 bits per heavy atom. The van der Waals surface area contributed by atoms with E-state index < -0.39 is 0 Å². The van der Waals surface area contributed by atoms with E-state index in [0.29, 0.717) is 11.4 Å². The van der Waals surface area contributed by atoms with Gasteiger partial charge in [-0.3, -0.25) is 4.79 Å². The molecule has 0 saturated carbocycles. The van der Waals surface area contributed by atoms with Gasteiger partial charge < -0.3 is 16.0 Å². The fraction of sp³-hybridized carbons (Fsp3) is 0. The number of carbonyl (C=O) groups is 1. The van der Waals surface area contributed by atoms with E-state index in [-0.39, 0.29) is 5.91 Å². The van der Waals surface area contributed by atoms with Crippen molar-refractivity contribution in [3.8, 4) is 10.6 Å². The van der Waals surface area contributed by atoms with E-state index in [2.05, 4.69) is 15.3 Å². The summed E-state index contributed by atoms with van der Waals surface area (Å²) in [7, 11) is 0. The van der Waals surface area contributed by atoms with E-state index >= 15 is 0 Å². The maximum atomic E-state index is 11.9. The second-order valence-corrected chi connectivity index (χ2v) is 5.11. The number of anilines is 2. The lowest BCUT2D eigenvalue weighted by Gasteiger charge is -2.04. The molecule has 0 radical (unpaired) electrons. The summed E-state index contributed by atoms with van der Waals surface area (Å²) in [6.45, 7) is 0. The first-order valence-corrected chi connectivity index (χ1v) is 6.85. The van der Waals surface area contributed by atoms with E-state index in [1.807, 2.05) is 29.6 Å². The van der Waals surface area contributed by atoms with Gasteiger partial charge in [-0.15, -0.1) is 11.3 Å². The predicted octanol–water partition coefficient (Wildman–Crippen LogP) is 2.97. The zero-order chi connectivity index (χ0) is 13.9. The second kappa shape index (κ2) is 5.18. The summed E-state index contributed by atoms with van der Waals surface area (Å²) >= 11 is 1.58. The van der Waals surface area contributed by atoms with Crippen molar-refractivity contribution in [1.82, 2.24) is 9.97 Å². The Morgan fingerprint density at radius 1 is 1.30 bits per heavy atom. The summed E-state index contributed by atoms with van der Waals surface area (Å²) in [5, 5.41) is 5.69. The first-order chi connectivity index (χ1) is 9.72. The average Bonchev–Trinajstić information content (AvgIpc) is 3.10. The molecule has 0 unspecified atom stereocenters. The number of rotatable bonds is 3.